The summed E-state index contributed by atoms with van der Waals surface area (Å²) in [6.07, 6.45) is 0. The molecule has 1 aromatic carbocycles. The van der Waals surface area contributed by atoms with Crippen LogP contribution in [0.15, 0.2) is 24.3 Å². The van der Waals surface area contributed by atoms with Gasteiger partial charge in [0.2, 0.25) is 25.5 Å². The minimum absolute atomic E-state index is 0.0404. The van der Waals surface area contributed by atoms with Crippen molar-refractivity contribution in [2.75, 3.05) is 11.9 Å². The summed E-state index contributed by atoms with van der Waals surface area (Å²) >= 11 is 1.55. The molecule has 0 saturated carbocycles. The van der Waals surface area contributed by atoms with Crippen molar-refractivity contribution in [3.05, 3.63) is 29.8 Å². The van der Waals surface area contributed by atoms with Gasteiger partial charge in [-0.2, -0.15) is 0 Å². The van der Waals surface area contributed by atoms with Crippen LogP contribution in [0, 0.1) is 5.92 Å². The van der Waals surface area contributed by atoms with Gasteiger partial charge in [0.05, 0.1) is 6.54 Å². The summed E-state index contributed by atoms with van der Waals surface area (Å²) in [6, 6.07) is 5.89. The van der Waals surface area contributed by atoms with E-state index in [1.165, 1.54) is 0 Å². The van der Waals surface area contributed by atoms with Gasteiger partial charge in [0, 0.05) is 28.3 Å². The summed E-state index contributed by atoms with van der Waals surface area (Å²) < 4.78 is 4.31. The quantitative estimate of drug-likeness (QED) is 0.231. The van der Waals surface area contributed by atoms with Gasteiger partial charge < -0.3 is 20.7 Å². The van der Waals surface area contributed by atoms with E-state index in [9.17, 15) is 19.2 Å². The molecule has 10 heteroatoms. The molecule has 0 spiro atoms. The lowest BCUT2D eigenvalue weighted by atomic mass is 10.0. The summed E-state index contributed by atoms with van der Waals surface area (Å²) in [5.74, 6) is -1.83. The average molecular weight is 471 g/mol. The molecule has 0 aliphatic carbocycles. The van der Waals surface area contributed by atoms with Crippen molar-refractivity contribution in [2.45, 2.75) is 26.5 Å². The van der Waals surface area contributed by atoms with E-state index in [0.717, 1.165) is 0 Å². The van der Waals surface area contributed by atoms with Gasteiger partial charge in [0.25, 0.3) is 3.91 Å². The number of amides is 3. The van der Waals surface area contributed by atoms with E-state index < -0.39 is 23.7 Å². The predicted octanol–water partition coefficient (Wildman–Crippen LogP) is 1.72. The lowest BCUT2D eigenvalue weighted by Crippen LogP contribution is -2.49. The molecule has 0 saturated heterocycles. The minimum Gasteiger partial charge on any atom is -0.470 e. The van der Waals surface area contributed by atoms with Crippen LogP contribution in [0.4, 0.5) is 15.3 Å². The number of carbonyl (C=O) groups is 4. The van der Waals surface area contributed by atoms with Gasteiger partial charge in [-0.05, 0) is 23.6 Å². The zero-order valence-corrected chi connectivity index (χ0v) is 16.5. The number of benzene rings is 1. The first-order valence-electron chi connectivity index (χ1n) is 7.73. The Morgan fingerprint density at radius 1 is 1.15 bits per heavy atom. The van der Waals surface area contributed by atoms with Crippen LogP contribution in [0.1, 0.15) is 19.4 Å². The van der Waals surface area contributed by atoms with Crippen LogP contribution in [0.3, 0.4) is 0 Å². The summed E-state index contributed by atoms with van der Waals surface area (Å²) in [5, 5.41) is 7.65. The van der Waals surface area contributed by atoms with E-state index in [1.54, 1.807) is 60.7 Å². The van der Waals surface area contributed by atoms with Crippen LogP contribution in [-0.4, -0.2) is 42.0 Å². The second-order valence-corrected chi connectivity index (χ2v) is 6.69. The molecule has 3 amide bonds. The molecule has 0 aliphatic heterocycles. The Bertz CT molecular complexity index is 666. The maximum atomic E-state index is 12.1. The number of rotatable bonds is 8. The Morgan fingerprint density at radius 2 is 1.77 bits per heavy atom. The average Bonchev–Trinajstić information content (AvgIpc) is 2.56. The molecule has 1 aromatic rings. The second kappa shape index (κ2) is 10.8. The fourth-order valence-corrected chi connectivity index (χ4v) is 2.31. The molecule has 138 valence electrons. The lowest BCUT2D eigenvalue weighted by Gasteiger charge is -2.20. The van der Waals surface area contributed by atoms with E-state index in [-0.39, 0.29) is 23.0 Å². The highest BCUT2D eigenvalue weighted by Crippen LogP contribution is 2.10. The first kappa shape index (κ1) is 21.9. The number of halogens is 1. The van der Waals surface area contributed by atoms with Crippen LogP contribution < -0.4 is 16.0 Å². The Labute approximate surface area is 166 Å². The van der Waals surface area contributed by atoms with Gasteiger partial charge in [-0.1, -0.05) is 26.0 Å². The SMILES string of the molecule is [B]C(=O)OCc1ccc(NC(=O)CNC(=O)[C@@H](NC(=O)I)C(C)C)cc1. The number of hydrogen-bond donors (Lipinski definition) is 3. The van der Waals surface area contributed by atoms with Gasteiger partial charge in [-0.15, -0.1) is 0 Å². The monoisotopic (exact) mass is 471 g/mol. The molecule has 8 nitrogen and oxygen atoms in total. The third-order valence-electron chi connectivity index (χ3n) is 3.26. The molecule has 0 heterocycles. The van der Waals surface area contributed by atoms with Crippen LogP contribution in [-0.2, 0) is 20.9 Å². The van der Waals surface area contributed by atoms with Crippen molar-refractivity contribution in [3.8, 4) is 0 Å². The highest BCUT2D eigenvalue weighted by atomic mass is 127. The van der Waals surface area contributed by atoms with Crippen LogP contribution >= 0.6 is 22.6 Å². The maximum Gasteiger partial charge on any atom is 0.281 e. The van der Waals surface area contributed by atoms with Crippen molar-refractivity contribution < 1.29 is 23.9 Å². The van der Waals surface area contributed by atoms with Gasteiger partial charge >= 0.3 is 0 Å². The van der Waals surface area contributed by atoms with Crippen molar-refractivity contribution >= 4 is 57.7 Å². The van der Waals surface area contributed by atoms with Crippen molar-refractivity contribution in [2.24, 2.45) is 5.92 Å². The number of hydrogen-bond acceptors (Lipinski definition) is 5. The maximum absolute atomic E-state index is 12.1. The predicted molar refractivity (Wildman–Crippen MR) is 105 cm³/mol. The number of anilines is 1. The summed E-state index contributed by atoms with van der Waals surface area (Å²) in [7, 11) is 4.88. The largest absolute Gasteiger partial charge is 0.470 e. The second-order valence-electron chi connectivity index (χ2n) is 5.71. The van der Waals surface area contributed by atoms with E-state index in [2.05, 4.69) is 20.7 Å². The standard InChI is InChI=1S/C16H19BIN3O5/c1-9(2)13(21-16(18)25)14(23)19-7-12(22)20-11-5-3-10(4-6-11)8-26-15(17)24/h3-6,9,13H,7-8H2,1-2H3,(H,19,23)(H,20,22)(H,21,25)/t13-/m0/s1. The smallest absolute Gasteiger partial charge is 0.281 e. The summed E-state index contributed by atoms with van der Waals surface area (Å²) in [5.41, 5.74) is 1.23. The van der Waals surface area contributed by atoms with E-state index in [4.69, 9.17) is 7.85 Å². The van der Waals surface area contributed by atoms with E-state index >= 15 is 0 Å². The number of nitrogens with one attached hydrogen (secondary N) is 3. The van der Waals surface area contributed by atoms with E-state index in [0.29, 0.717) is 11.3 Å². The molecule has 1 atom stereocenters. The van der Waals surface area contributed by atoms with Gasteiger partial charge in [-0.25, -0.2) is 0 Å². The van der Waals surface area contributed by atoms with Gasteiger partial charge in [0.15, 0.2) is 0 Å². The highest BCUT2D eigenvalue weighted by molar-refractivity contribution is 14.1. The van der Waals surface area contributed by atoms with Crippen LogP contribution in [0.2, 0.25) is 0 Å². The molecule has 0 aromatic heterocycles. The molecule has 2 radical (unpaired) electrons. The highest BCUT2D eigenvalue weighted by Gasteiger charge is 2.23. The molecule has 1 rings (SSSR count). The first-order valence-corrected chi connectivity index (χ1v) is 8.81. The Kier molecular flexibility index (Phi) is 9.10. The Balaban J connectivity index is 2.49. The summed E-state index contributed by atoms with van der Waals surface area (Å²) in [6.45, 7) is 3.39. The topological polar surface area (TPSA) is 114 Å². The van der Waals surface area contributed by atoms with Crippen molar-refractivity contribution in [1.82, 2.24) is 10.6 Å². The molecule has 0 bridgehead atoms. The molecule has 26 heavy (non-hydrogen) atoms. The molecular formula is C16H19BIN3O5. The number of ether oxygens (including phenoxy) is 1. The zero-order chi connectivity index (χ0) is 19.7. The fourth-order valence-electron chi connectivity index (χ4n) is 1.98. The van der Waals surface area contributed by atoms with E-state index in [1.807, 2.05) is 0 Å². The molecule has 3 N–H and O–H groups in total. The normalized spacial score (nSPS) is 11.4. The van der Waals surface area contributed by atoms with Crippen LogP contribution in [0.25, 0.3) is 0 Å². The van der Waals surface area contributed by atoms with Crippen molar-refractivity contribution in [1.29, 1.82) is 0 Å². The molecule has 0 unspecified atom stereocenters. The van der Waals surface area contributed by atoms with Crippen molar-refractivity contribution in [3.63, 3.8) is 0 Å². The molecular weight excluding hydrogens is 452 g/mol. The lowest BCUT2D eigenvalue weighted by molar-refractivity contribution is -0.126. The molecule has 0 aliphatic rings. The van der Waals surface area contributed by atoms with Gasteiger partial charge in [0.1, 0.15) is 12.6 Å². The third kappa shape index (κ3) is 8.32. The Morgan fingerprint density at radius 3 is 2.27 bits per heavy atom. The van der Waals surface area contributed by atoms with Gasteiger partial charge in [-0.3, -0.25) is 19.2 Å². The van der Waals surface area contributed by atoms with Crippen LogP contribution in [0.5, 0.6) is 0 Å². The number of carbonyl (C=O) groups excluding carboxylic acids is 4. The summed E-state index contributed by atoms with van der Waals surface area (Å²) in [4.78, 5) is 45.7. The first-order chi connectivity index (χ1) is 12.2. The molecule has 0 fully saturated rings. The Hall–Kier alpha value is -2.11. The minimum atomic E-state index is -0.864. The third-order valence-corrected chi connectivity index (χ3v) is 3.57. The zero-order valence-electron chi connectivity index (χ0n) is 14.4. The fraction of sp³-hybridized carbons (Fsp3) is 0.375.